The Morgan fingerprint density at radius 1 is 1.29 bits per heavy atom. The maximum absolute atomic E-state index is 11.6. The first-order valence-corrected chi connectivity index (χ1v) is 5.44. The Kier molecular flexibility index (Phi) is 5.07. The van der Waals surface area contributed by atoms with Gasteiger partial charge in [-0.3, -0.25) is 9.59 Å². The molecule has 1 amide bonds. The van der Waals surface area contributed by atoms with Crippen molar-refractivity contribution in [2.24, 2.45) is 5.92 Å². The molecule has 0 saturated heterocycles. The Morgan fingerprint density at radius 2 is 1.94 bits per heavy atom. The Morgan fingerprint density at radius 3 is 2.53 bits per heavy atom. The number of ketones is 1. The van der Waals surface area contributed by atoms with Crippen LogP contribution in [0.2, 0.25) is 0 Å². The molecule has 4 heteroatoms. The number of hydrogen-bond donors (Lipinski definition) is 1. The van der Waals surface area contributed by atoms with E-state index in [1.807, 2.05) is 6.07 Å². The maximum atomic E-state index is 11.6. The third-order valence-corrected chi connectivity index (χ3v) is 2.46. The van der Waals surface area contributed by atoms with Gasteiger partial charge in [-0.05, 0) is 12.1 Å². The summed E-state index contributed by atoms with van der Waals surface area (Å²) in [6.07, 6.45) is 0.904. The normalized spacial score (nSPS) is 11.6. The fourth-order valence-corrected chi connectivity index (χ4v) is 1.31. The SMILES string of the molecule is CC(CC=O)C(=O)CNC(=O)c1ccccc1. The molecular formula is C13H15NO3. The highest BCUT2D eigenvalue weighted by Gasteiger charge is 2.13. The van der Waals surface area contributed by atoms with Gasteiger partial charge in [0, 0.05) is 17.9 Å². The van der Waals surface area contributed by atoms with Gasteiger partial charge in [0.1, 0.15) is 6.29 Å². The fraction of sp³-hybridized carbons (Fsp3) is 0.308. The molecule has 17 heavy (non-hydrogen) atoms. The van der Waals surface area contributed by atoms with E-state index < -0.39 is 0 Å². The standard InChI is InChI=1S/C13H15NO3/c1-10(7-8-15)12(16)9-14-13(17)11-5-3-2-4-6-11/h2-6,8,10H,7,9H2,1H3,(H,14,17). The molecule has 0 radical (unpaired) electrons. The van der Waals surface area contributed by atoms with Gasteiger partial charge in [-0.2, -0.15) is 0 Å². The average Bonchev–Trinajstić information content (AvgIpc) is 2.36. The smallest absolute Gasteiger partial charge is 0.251 e. The molecule has 0 bridgehead atoms. The van der Waals surface area contributed by atoms with Crippen LogP contribution in [0.5, 0.6) is 0 Å². The highest BCUT2D eigenvalue weighted by Crippen LogP contribution is 2.01. The first kappa shape index (κ1) is 13.1. The third kappa shape index (κ3) is 4.18. The molecule has 0 spiro atoms. The van der Waals surface area contributed by atoms with Crippen LogP contribution in [0.25, 0.3) is 0 Å². The van der Waals surface area contributed by atoms with Crippen LogP contribution in [0.3, 0.4) is 0 Å². The summed E-state index contributed by atoms with van der Waals surface area (Å²) < 4.78 is 0. The molecule has 0 aliphatic rings. The number of benzene rings is 1. The second-order valence-corrected chi connectivity index (χ2v) is 3.82. The lowest BCUT2D eigenvalue weighted by molar-refractivity contribution is -0.123. The number of amides is 1. The van der Waals surface area contributed by atoms with Crippen molar-refractivity contribution in [3.05, 3.63) is 35.9 Å². The Bertz CT molecular complexity index is 400. The van der Waals surface area contributed by atoms with Crippen molar-refractivity contribution >= 4 is 18.0 Å². The van der Waals surface area contributed by atoms with E-state index in [2.05, 4.69) is 5.32 Å². The summed E-state index contributed by atoms with van der Waals surface area (Å²) in [5.41, 5.74) is 0.517. The molecule has 90 valence electrons. The average molecular weight is 233 g/mol. The molecule has 0 aliphatic carbocycles. The number of rotatable bonds is 6. The van der Waals surface area contributed by atoms with Gasteiger partial charge >= 0.3 is 0 Å². The quantitative estimate of drug-likeness (QED) is 0.751. The van der Waals surface area contributed by atoms with Gasteiger partial charge in [-0.1, -0.05) is 25.1 Å². The van der Waals surface area contributed by atoms with Gasteiger partial charge in [-0.25, -0.2) is 0 Å². The van der Waals surface area contributed by atoms with E-state index in [-0.39, 0.29) is 30.6 Å². The van der Waals surface area contributed by atoms with Crippen LogP contribution >= 0.6 is 0 Å². The highest BCUT2D eigenvalue weighted by atomic mass is 16.2. The number of aldehydes is 1. The zero-order valence-electron chi connectivity index (χ0n) is 9.68. The Balaban J connectivity index is 2.44. The monoisotopic (exact) mass is 233 g/mol. The van der Waals surface area contributed by atoms with Crippen molar-refractivity contribution < 1.29 is 14.4 Å². The van der Waals surface area contributed by atoms with Crippen LogP contribution < -0.4 is 5.32 Å². The molecule has 0 heterocycles. The molecular weight excluding hydrogens is 218 g/mol. The van der Waals surface area contributed by atoms with Crippen molar-refractivity contribution in [2.75, 3.05) is 6.54 Å². The van der Waals surface area contributed by atoms with Crippen molar-refractivity contribution in [3.63, 3.8) is 0 Å². The number of nitrogens with one attached hydrogen (secondary N) is 1. The summed E-state index contributed by atoms with van der Waals surface area (Å²) >= 11 is 0. The predicted molar refractivity (Wildman–Crippen MR) is 63.6 cm³/mol. The van der Waals surface area contributed by atoms with Gasteiger partial charge in [0.25, 0.3) is 5.91 Å². The van der Waals surface area contributed by atoms with Gasteiger partial charge in [-0.15, -0.1) is 0 Å². The van der Waals surface area contributed by atoms with Crippen molar-refractivity contribution in [3.8, 4) is 0 Å². The van der Waals surface area contributed by atoms with Crippen LogP contribution in [-0.4, -0.2) is 24.5 Å². The molecule has 4 nitrogen and oxygen atoms in total. The summed E-state index contributed by atoms with van der Waals surface area (Å²) in [4.78, 5) is 33.3. The van der Waals surface area contributed by atoms with E-state index in [0.717, 1.165) is 0 Å². The van der Waals surface area contributed by atoms with Gasteiger partial charge < -0.3 is 10.1 Å². The lowest BCUT2D eigenvalue weighted by Crippen LogP contribution is -2.32. The second kappa shape index (κ2) is 6.58. The topological polar surface area (TPSA) is 63.2 Å². The van der Waals surface area contributed by atoms with E-state index in [4.69, 9.17) is 0 Å². The lowest BCUT2D eigenvalue weighted by Gasteiger charge is -2.08. The second-order valence-electron chi connectivity index (χ2n) is 3.82. The van der Waals surface area contributed by atoms with Gasteiger partial charge in [0.05, 0.1) is 6.54 Å². The van der Waals surface area contributed by atoms with E-state index in [0.29, 0.717) is 11.8 Å². The molecule has 1 aromatic carbocycles. The Labute approximate surface area is 100 Å². The minimum Gasteiger partial charge on any atom is -0.345 e. The lowest BCUT2D eigenvalue weighted by atomic mass is 10.0. The summed E-state index contributed by atoms with van der Waals surface area (Å²) in [6, 6.07) is 8.68. The summed E-state index contributed by atoms with van der Waals surface area (Å²) in [7, 11) is 0. The van der Waals surface area contributed by atoms with E-state index in [1.165, 1.54) is 0 Å². The Hall–Kier alpha value is -1.97. The zero-order valence-corrected chi connectivity index (χ0v) is 9.68. The van der Waals surface area contributed by atoms with Crippen LogP contribution in [0.4, 0.5) is 0 Å². The number of Topliss-reactive ketones (excluding diaryl/α,β-unsaturated/α-hetero) is 1. The molecule has 0 aliphatic heterocycles. The van der Waals surface area contributed by atoms with Gasteiger partial charge in [0.2, 0.25) is 0 Å². The number of carbonyl (C=O) groups is 3. The van der Waals surface area contributed by atoms with Crippen LogP contribution in [-0.2, 0) is 9.59 Å². The molecule has 0 saturated carbocycles. The van der Waals surface area contributed by atoms with Crippen molar-refractivity contribution in [1.29, 1.82) is 0 Å². The van der Waals surface area contributed by atoms with E-state index in [9.17, 15) is 14.4 Å². The molecule has 1 N–H and O–H groups in total. The molecule has 1 atom stereocenters. The van der Waals surface area contributed by atoms with Crippen molar-refractivity contribution in [2.45, 2.75) is 13.3 Å². The van der Waals surface area contributed by atoms with Crippen LogP contribution in [0, 0.1) is 5.92 Å². The van der Waals surface area contributed by atoms with E-state index >= 15 is 0 Å². The number of carbonyl (C=O) groups excluding carboxylic acids is 3. The molecule has 0 fully saturated rings. The summed E-state index contributed by atoms with van der Waals surface area (Å²) in [5.74, 6) is -0.762. The molecule has 0 aromatic heterocycles. The van der Waals surface area contributed by atoms with Crippen LogP contribution in [0.1, 0.15) is 23.7 Å². The third-order valence-electron chi connectivity index (χ3n) is 2.46. The van der Waals surface area contributed by atoms with Crippen LogP contribution in [0.15, 0.2) is 30.3 Å². The number of hydrogen-bond acceptors (Lipinski definition) is 3. The predicted octanol–water partition coefficient (Wildman–Crippen LogP) is 1.21. The highest BCUT2D eigenvalue weighted by molar-refractivity contribution is 5.97. The van der Waals surface area contributed by atoms with E-state index in [1.54, 1.807) is 31.2 Å². The zero-order chi connectivity index (χ0) is 12.7. The van der Waals surface area contributed by atoms with Crippen molar-refractivity contribution in [1.82, 2.24) is 5.32 Å². The molecule has 1 rings (SSSR count). The molecule has 1 unspecified atom stereocenters. The summed E-state index contributed by atoms with van der Waals surface area (Å²) in [5, 5.41) is 2.53. The fourth-order valence-electron chi connectivity index (χ4n) is 1.31. The maximum Gasteiger partial charge on any atom is 0.251 e. The summed E-state index contributed by atoms with van der Waals surface area (Å²) in [6.45, 7) is 1.63. The minimum absolute atomic E-state index is 0.0390. The first-order chi connectivity index (χ1) is 8.15. The van der Waals surface area contributed by atoms with Gasteiger partial charge in [0.15, 0.2) is 5.78 Å². The minimum atomic E-state index is -0.344. The first-order valence-electron chi connectivity index (χ1n) is 5.44. The largest absolute Gasteiger partial charge is 0.345 e. The molecule has 1 aromatic rings.